The summed E-state index contributed by atoms with van der Waals surface area (Å²) in [7, 11) is 0. The van der Waals surface area contributed by atoms with E-state index in [1.54, 1.807) is 18.5 Å². The highest BCUT2D eigenvalue weighted by Crippen LogP contribution is 2.27. The van der Waals surface area contributed by atoms with Crippen LogP contribution in [-0.4, -0.2) is 43.8 Å². The molecule has 0 aromatic carbocycles. The number of aryl methyl sites for hydroxylation is 1. The smallest absolute Gasteiger partial charge is 0.255 e. The van der Waals surface area contributed by atoms with E-state index >= 15 is 0 Å². The van der Waals surface area contributed by atoms with Crippen LogP contribution in [0.15, 0.2) is 40.8 Å². The number of aromatic nitrogens is 4. The van der Waals surface area contributed by atoms with E-state index < -0.39 is 0 Å². The Labute approximate surface area is 160 Å². The molecule has 4 rings (SSSR count). The lowest BCUT2D eigenvalue weighted by molar-refractivity contribution is 0.0709. The molecule has 4 heterocycles. The Morgan fingerprint density at radius 1 is 1.26 bits per heavy atom. The second-order valence-corrected chi connectivity index (χ2v) is 7.45. The van der Waals surface area contributed by atoms with Gasteiger partial charge in [-0.15, -0.1) is 11.3 Å². The molecule has 27 heavy (non-hydrogen) atoms. The number of carbonyl (C=O) groups excluding carboxylic acids is 1. The van der Waals surface area contributed by atoms with Crippen LogP contribution in [0.1, 0.15) is 40.6 Å². The highest BCUT2D eigenvalue weighted by atomic mass is 32.1. The number of thiazole rings is 1. The third-order valence-corrected chi connectivity index (χ3v) is 5.61. The third kappa shape index (κ3) is 3.66. The molecule has 7 nitrogen and oxygen atoms in total. The van der Waals surface area contributed by atoms with Gasteiger partial charge in [-0.3, -0.25) is 14.6 Å². The number of rotatable bonds is 3. The van der Waals surface area contributed by atoms with Crippen molar-refractivity contribution < 1.29 is 4.79 Å². The van der Waals surface area contributed by atoms with Crippen LogP contribution in [0.5, 0.6) is 0 Å². The van der Waals surface area contributed by atoms with Crippen molar-refractivity contribution in [1.29, 1.82) is 0 Å². The zero-order chi connectivity index (χ0) is 18.8. The third-order valence-electron chi connectivity index (χ3n) is 4.82. The van der Waals surface area contributed by atoms with E-state index in [-0.39, 0.29) is 17.4 Å². The van der Waals surface area contributed by atoms with Crippen molar-refractivity contribution in [3.63, 3.8) is 0 Å². The van der Waals surface area contributed by atoms with Crippen LogP contribution in [-0.2, 0) is 0 Å². The van der Waals surface area contributed by atoms with Gasteiger partial charge in [0.2, 0.25) is 0 Å². The maximum atomic E-state index is 12.7. The largest absolute Gasteiger partial charge is 0.339 e. The van der Waals surface area contributed by atoms with E-state index in [0.717, 1.165) is 23.5 Å². The number of carbonyl (C=O) groups is 1. The molecular formula is C19H19N5O2S. The predicted molar refractivity (Wildman–Crippen MR) is 103 cm³/mol. The number of nitrogens with zero attached hydrogens (tertiary/aromatic N) is 4. The van der Waals surface area contributed by atoms with Crippen molar-refractivity contribution in [2.24, 2.45) is 0 Å². The summed E-state index contributed by atoms with van der Waals surface area (Å²) in [5.41, 5.74) is 1.82. The number of amides is 1. The quantitative estimate of drug-likeness (QED) is 0.753. The second kappa shape index (κ2) is 7.40. The van der Waals surface area contributed by atoms with Gasteiger partial charge in [0.15, 0.2) is 0 Å². The standard InChI is InChI=1S/C19H19N5O2S/c1-12-14(3-2-6-20-12)19(26)24-8-4-13(5-9-24)17-22-15(11-16(25)23-17)18-21-7-10-27-18/h2-3,6-7,10-11,13H,4-5,8-9H2,1H3,(H,22,23,25). The zero-order valence-electron chi connectivity index (χ0n) is 14.9. The zero-order valence-corrected chi connectivity index (χ0v) is 15.7. The average molecular weight is 381 g/mol. The number of piperidine rings is 1. The molecule has 0 atom stereocenters. The van der Waals surface area contributed by atoms with Gasteiger partial charge >= 0.3 is 0 Å². The summed E-state index contributed by atoms with van der Waals surface area (Å²) >= 11 is 1.46. The van der Waals surface area contributed by atoms with Gasteiger partial charge in [0, 0.05) is 48.5 Å². The number of pyridine rings is 1. The first-order valence-corrected chi connectivity index (χ1v) is 9.72. The van der Waals surface area contributed by atoms with E-state index in [4.69, 9.17) is 0 Å². The molecule has 138 valence electrons. The monoisotopic (exact) mass is 381 g/mol. The molecular weight excluding hydrogens is 362 g/mol. The van der Waals surface area contributed by atoms with E-state index in [2.05, 4.69) is 19.9 Å². The summed E-state index contributed by atoms with van der Waals surface area (Å²) in [4.78, 5) is 42.6. The molecule has 1 N–H and O–H groups in total. The van der Waals surface area contributed by atoms with Crippen molar-refractivity contribution in [3.05, 3.63) is 63.4 Å². The molecule has 1 fully saturated rings. The minimum absolute atomic E-state index is 0.0111. The van der Waals surface area contributed by atoms with Crippen LogP contribution in [0.2, 0.25) is 0 Å². The van der Waals surface area contributed by atoms with Gasteiger partial charge in [-0.25, -0.2) is 9.97 Å². The van der Waals surface area contributed by atoms with Gasteiger partial charge in [0.1, 0.15) is 16.5 Å². The first-order chi connectivity index (χ1) is 13.1. The Kier molecular flexibility index (Phi) is 4.81. The molecule has 1 amide bonds. The molecule has 1 saturated heterocycles. The molecule has 0 aliphatic carbocycles. The number of likely N-dealkylation sites (tertiary alicyclic amines) is 1. The lowest BCUT2D eigenvalue weighted by atomic mass is 9.95. The summed E-state index contributed by atoms with van der Waals surface area (Å²) in [6.07, 6.45) is 4.91. The molecule has 8 heteroatoms. The van der Waals surface area contributed by atoms with Gasteiger partial charge in [-0.05, 0) is 31.9 Å². The van der Waals surface area contributed by atoms with E-state index in [1.165, 1.54) is 17.4 Å². The summed E-state index contributed by atoms with van der Waals surface area (Å²) in [6.45, 7) is 3.10. The molecule has 1 aliphatic rings. The van der Waals surface area contributed by atoms with Crippen LogP contribution in [0.3, 0.4) is 0 Å². The highest BCUT2D eigenvalue weighted by molar-refractivity contribution is 7.13. The van der Waals surface area contributed by atoms with Crippen molar-refractivity contribution in [1.82, 2.24) is 24.8 Å². The van der Waals surface area contributed by atoms with Crippen LogP contribution in [0.4, 0.5) is 0 Å². The molecule has 3 aromatic heterocycles. The lowest BCUT2D eigenvalue weighted by Crippen LogP contribution is -2.38. The topological polar surface area (TPSA) is 91.8 Å². The van der Waals surface area contributed by atoms with E-state index in [9.17, 15) is 9.59 Å². The maximum Gasteiger partial charge on any atom is 0.255 e. The Bertz CT molecular complexity index is 1010. The minimum atomic E-state index is -0.172. The fourth-order valence-corrected chi connectivity index (χ4v) is 3.96. The molecule has 0 saturated carbocycles. The Balaban J connectivity index is 1.49. The Morgan fingerprint density at radius 3 is 2.78 bits per heavy atom. The average Bonchev–Trinajstić information content (AvgIpc) is 3.22. The second-order valence-electron chi connectivity index (χ2n) is 6.56. The fourth-order valence-electron chi connectivity index (χ4n) is 3.37. The number of hydrogen-bond donors (Lipinski definition) is 1. The van der Waals surface area contributed by atoms with Crippen LogP contribution < -0.4 is 5.56 Å². The van der Waals surface area contributed by atoms with Crippen LogP contribution in [0.25, 0.3) is 10.7 Å². The van der Waals surface area contributed by atoms with E-state index in [1.807, 2.05) is 23.3 Å². The molecule has 0 spiro atoms. The van der Waals surface area contributed by atoms with Crippen molar-refractivity contribution in [2.75, 3.05) is 13.1 Å². The number of aromatic amines is 1. The summed E-state index contributed by atoms with van der Waals surface area (Å²) in [5, 5.41) is 2.60. The maximum absolute atomic E-state index is 12.7. The first kappa shape index (κ1) is 17.5. The Morgan fingerprint density at radius 2 is 2.07 bits per heavy atom. The van der Waals surface area contributed by atoms with Crippen molar-refractivity contribution in [2.45, 2.75) is 25.7 Å². The summed E-state index contributed by atoms with van der Waals surface area (Å²) in [6, 6.07) is 5.07. The SMILES string of the molecule is Cc1ncccc1C(=O)N1CCC(c2nc(-c3nccs3)cc(=O)[nH]2)CC1. The van der Waals surface area contributed by atoms with Crippen LogP contribution >= 0.6 is 11.3 Å². The number of H-pyrrole nitrogens is 1. The molecule has 1 aliphatic heterocycles. The molecule has 0 bridgehead atoms. The van der Waals surface area contributed by atoms with Gasteiger partial charge < -0.3 is 9.88 Å². The Hall–Kier alpha value is -2.87. The van der Waals surface area contributed by atoms with Crippen molar-refractivity contribution in [3.8, 4) is 10.7 Å². The lowest BCUT2D eigenvalue weighted by Gasteiger charge is -2.31. The van der Waals surface area contributed by atoms with Gasteiger partial charge in [0.25, 0.3) is 11.5 Å². The highest BCUT2D eigenvalue weighted by Gasteiger charge is 2.27. The van der Waals surface area contributed by atoms with E-state index in [0.29, 0.717) is 30.2 Å². The van der Waals surface area contributed by atoms with Gasteiger partial charge in [-0.1, -0.05) is 0 Å². The normalized spacial score (nSPS) is 15.1. The number of hydrogen-bond acceptors (Lipinski definition) is 6. The van der Waals surface area contributed by atoms with Gasteiger partial charge in [-0.2, -0.15) is 0 Å². The van der Waals surface area contributed by atoms with Crippen LogP contribution in [0, 0.1) is 6.92 Å². The molecule has 3 aromatic rings. The summed E-state index contributed by atoms with van der Waals surface area (Å²) in [5.74, 6) is 0.811. The minimum Gasteiger partial charge on any atom is -0.339 e. The van der Waals surface area contributed by atoms with Gasteiger partial charge in [0.05, 0.1) is 5.56 Å². The predicted octanol–water partition coefficient (Wildman–Crippen LogP) is 2.62. The molecule has 0 radical (unpaired) electrons. The summed E-state index contributed by atoms with van der Waals surface area (Å²) < 4.78 is 0. The first-order valence-electron chi connectivity index (χ1n) is 8.84. The molecule has 0 unspecified atom stereocenters. The fraction of sp³-hybridized carbons (Fsp3) is 0.316. The number of nitrogens with one attached hydrogen (secondary N) is 1. The van der Waals surface area contributed by atoms with Crippen molar-refractivity contribution >= 4 is 17.2 Å².